The lowest BCUT2D eigenvalue weighted by Crippen LogP contribution is -2.20. The van der Waals surface area contributed by atoms with E-state index in [4.69, 9.17) is 4.74 Å². The minimum Gasteiger partial charge on any atom is -0.484 e. The maximum atomic E-state index is 12.2. The first-order valence-corrected chi connectivity index (χ1v) is 8.65. The largest absolute Gasteiger partial charge is 0.484 e. The monoisotopic (exact) mass is 380 g/mol. The van der Waals surface area contributed by atoms with Crippen molar-refractivity contribution >= 4 is 17.3 Å². The van der Waals surface area contributed by atoms with E-state index < -0.39 is 4.92 Å². The van der Waals surface area contributed by atoms with Crippen LogP contribution in [0.1, 0.15) is 18.9 Å². The van der Waals surface area contributed by atoms with Gasteiger partial charge in [-0.25, -0.2) is 4.68 Å². The lowest BCUT2D eigenvalue weighted by molar-refractivity contribution is -0.384. The number of tetrazole rings is 1. The SMILES string of the molecule is O=C(COc1cccc([N+](=O)[O-])c1)Nc1cccc(-c2nnnn2C2CC2)c1. The Morgan fingerprint density at radius 1 is 1.25 bits per heavy atom. The van der Waals surface area contributed by atoms with Gasteiger partial charge in [0.1, 0.15) is 5.75 Å². The second kappa shape index (κ2) is 7.43. The molecule has 0 atom stereocenters. The molecule has 1 N–H and O–H groups in total. The van der Waals surface area contributed by atoms with Crippen LogP contribution < -0.4 is 10.1 Å². The number of nitro benzene ring substituents is 1. The maximum Gasteiger partial charge on any atom is 0.273 e. The highest BCUT2D eigenvalue weighted by Gasteiger charge is 2.28. The predicted molar refractivity (Wildman–Crippen MR) is 98.7 cm³/mol. The molecule has 142 valence electrons. The standard InChI is InChI=1S/C18H16N6O4/c25-17(11-28-16-6-2-5-15(10-16)24(26)27)19-13-4-1-3-12(9-13)18-20-21-22-23(18)14-7-8-14/h1-6,9-10,14H,7-8,11H2,(H,19,25). The molecule has 1 amide bonds. The van der Waals surface area contributed by atoms with Crippen molar-refractivity contribution in [3.05, 3.63) is 58.6 Å². The van der Waals surface area contributed by atoms with Crippen molar-refractivity contribution in [2.24, 2.45) is 0 Å². The first-order valence-electron chi connectivity index (χ1n) is 8.65. The fourth-order valence-corrected chi connectivity index (χ4v) is 2.72. The number of carbonyl (C=O) groups excluding carboxylic acids is 1. The number of hydrogen-bond donors (Lipinski definition) is 1. The van der Waals surface area contributed by atoms with Crippen LogP contribution in [0, 0.1) is 10.1 Å². The number of ether oxygens (including phenoxy) is 1. The van der Waals surface area contributed by atoms with Crippen molar-refractivity contribution in [1.29, 1.82) is 0 Å². The fourth-order valence-electron chi connectivity index (χ4n) is 2.72. The van der Waals surface area contributed by atoms with E-state index in [1.165, 1.54) is 18.2 Å². The summed E-state index contributed by atoms with van der Waals surface area (Å²) in [6, 6.07) is 13.2. The number of nitrogens with zero attached hydrogens (tertiary/aromatic N) is 5. The minimum atomic E-state index is -0.520. The average molecular weight is 380 g/mol. The molecule has 0 saturated heterocycles. The molecule has 0 bridgehead atoms. The minimum absolute atomic E-state index is 0.0982. The van der Waals surface area contributed by atoms with Crippen molar-refractivity contribution in [3.8, 4) is 17.1 Å². The zero-order valence-corrected chi connectivity index (χ0v) is 14.7. The topological polar surface area (TPSA) is 125 Å². The summed E-state index contributed by atoms with van der Waals surface area (Å²) in [5.41, 5.74) is 1.28. The molecule has 10 nitrogen and oxygen atoms in total. The van der Waals surface area contributed by atoms with Crippen LogP contribution in [-0.2, 0) is 4.79 Å². The molecule has 3 aromatic rings. The normalized spacial score (nSPS) is 13.1. The van der Waals surface area contributed by atoms with Crippen molar-refractivity contribution in [1.82, 2.24) is 20.2 Å². The van der Waals surface area contributed by atoms with Crippen LogP contribution in [0.25, 0.3) is 11.4 Å². The third kappa shape index (κ3) is 3.95. The quantitative estimate of drug-likeness (QED) is 0.493. The summed E-state index contributed by atoms with van der Waals surface area (Å²) in [7, 11) is 0. The Balaban J connectivity index is 1.40. The van der Waals surface area contributed by atoms with Crippen LogP contribution in [0.4, 0.5) is 11.4 Å². The molecule has 0 unspecified atom stereocenters. The van der Waals surface area contributed by atoms with E-state index in [-0.39, 0.29) is 24.0 Å². The summed E-state index contributed by atoms with van der Waals surface area (Å²) in [4.78, 5) is 22.4. The molecular weight excluding hydrogens is 364 g/mol. The Hall–Kier alpha value is -3.82. The van der Waals surface area contributed by atoms with E-state index in [1.54, 1.807) is 28.9 Å². The number of benzene rings is 2. The summed E-state index contributed by atoms with van der Waals surface area (Å²) in [5, 5.41) is 25.4. The second-order valence-electron chi connectivity index (χ2n) is 6.35. The Kier molecular flexibility index (Phi) is 4.67. The molecule has 1 aromatic heterocycles. The molecule has 4 rings (SSSR count). The number of rotatable bonds is 7. The summed E-state index contributed by atoms with van der Waals surface area (Å²) in [5.74, 6) is 0.526. The predicted octanol–water partition coefficient (Wildman–Crippen LogP) is 2.60. The van der Waals surface area contributed by atoms with Gasteiger partial charge in [0.15, 0.2) is 12.4 Å². The van der Waals surface area contributed by atoms with Crippen LogP contribution in [0.15, 0.2) is 48.5 Å². The average Bonchev–Trinajstić information content (AvgIpc) is 3.43. The molecule has 0 aliphatic heterocycles. The highest BCUT2D eigenvalue weighted by atomic mass is 16.6. The molecule has 2 aromatic carbocycles. The van der Waals surface area contributed by atoms with Crippen LogP contribution in [0.5, 0.6) is 5.75 Å². The molecule has 10 heteroatoms. The molecular formula is C18H16N6O4. The molecule has 1 heterocycles. The van der Waals surface area contributed by atoms with E-state index >= 15 is 0 Å². The maximum absolute atomic E-state index is 12.2. The van der Waals surface area contributed by atoms with Crippen molar-refractivity contribution in [3.63, 3.8) is 0 Å². The summed E-state index contributed by atoms with van der Waals surface area (Å²) >= 11 is 0. The summed E-state index contributed by atoms with van der Waals surface area (Å²) in [6.07, 6.45) is 2.12. The lowest BCUT2D eigenvalue weighted by atomic mass is 10.2. The van der Waals surface area contributed by atoms with E-state index in [0.29, 0.717) is 17.6 Å². The number of amides is 1. The number of aromatic nitrogens is 4. The number of carbonyl (C=O) groups is 1. The number of nitrogens with one attached hydrogen (secondary N) is 1. The molecule has 1 aliphatic carbocycles. The molecule has 1 saturated carbocycles. The smallest absolute Gasteiger partial charge is 0.273 e. The van der Waals surface area contributed by atoms with Crippen LogP contribution in [0.2, 0.25) is 0 Å². The highest BCUT2D eigenvalue weighted by molar-refractivity contribution is 5.92. The van der Waals surface area contributed by atoms with E-state index in [9.17, 15) is 14.9 Å². The van der Waals surface area contributed by atoms with Gasteiger partial charge in [0.2, 0.25) is 0 Å². The Morgan fingerprint density at radius 2 is 2.07 bits per heavy atom. The van der Waals surface area contributed by atoms with Crippen molar-refractivity contribution in [2.75, 3.05) is 11.9 Å². The molecule has 0 radical (unpaired) electrons. The van der Waals surface area contributed by atoms with Gasteiger partial charge in [0.05, 0.1) is 17.0 Å². The summed E-state index contributed by atoms with van der Waals surface area (Å²) in [6.45, 7) is -0.273. The third-order valence-electron chi connectivity index (χ3n) is 4.19. The van der Waals surface area contributed by atoms with Gasteiger partial charge in [0, 0.05) is 17.3 Å². The highest BCUT2D eigenvalue weighted by Crippen LogP contribution is 2.36. The van der Waals surface area contributed by atoms with Gasteiger partial charge in [-0.05, 0) is 41.5 Å². The third-order valence-corrected chi connectivity index (χ3v) is 4.19. The van der Waals surface area contributed by atoms with Gasteiger partial charge in [-0.1, -0.05) is 18.2 Å². The number of non-ortho nitro benzene ring substituents is 1. The van der Waals surface area contributed by atoms with Gasteiger partial charge in [-0.15, -0.1) is 5.10 Å². The van der Waals surface area contributed by atoms with Crippen LogP contribution in [-0.4, -0.2) is 37.6 Å². The first-order chi connectivity index (χ1) is 13.6. The summed E-state index contributed by atoms with van der Waals surface area (Å²) < 4.78 is 7.14. The molecule has 28 heavy (non-hydrogen) atoms. The Labute approximate surface area is 159 Å². The van der Waals surface area contributed by atoms with E-state index in [0.717, 1.165) is 18.4 Å². The fraction of sp³-hybridized carbons (Fsp3) is 0.222. The second-order valence-corrected chi connectivity index (χ2v) is 6.35. The van der Waals surface area contributed by atoms with Gasteiger partial charge in [-0.2, -0.15) is 0 Å². The number of anilines is 1. The Bertz CT molecular complexity index is 1030. The number of hydrogen-bond acceptors (Lipinski definition) is 7. The van der Waals surface area contributed by atoms with Gasteiger partial charge >= 0.3 is 0 Å². The van der Waals surface area contributed by atoms with Crippen LogP contribution in [0.3, 0.4) is 0 Å². The van der Waals surface area contributed by atoms with Crippen molar-refractivity contribution < 1.29 is 14.5 Å². The number of nitro groups is 1. The van der Waals surface area contributed by atoms with Crippen molar-refractivity contribution in [2.45, 2.75) is 18.9 Å². The zero-order chi connectivity index (χ0) is 19.5. The van der Waals surface area contributed by atoms with Gasteiger partial charge in [0.25, 0.3) is 11.6 Å². The van der Waals surface area contributed by atoms with Crippen LogP contribution >= 0.6 is 0 Å². The van der Waals surface area contributed by atoms with Gasteiger partial charge in [-0.3, -0.25) is 14.9 Å². The molecule has 1 fully saturated rings. The molecule has 0 spiro atoms. The lowest BCUT2D eigenvalue weighted by Gasteiger charge is -2.09. The van der Waals surface area contributed by atoms with E-state index in [1.807, 2.05) is 6.07 Å². The molecule has 1 aliphatic rings. The van der Waals surface area contributed by atoms with Gasteiger partial charge < -0.3 is 10.1 Å². The van der Waals surface area contributed by atoms with E-state index in [2.05, 4.69) is 20.8 Å². The Morgan fingerprint density at radius 3 is 2.86 bits per heavy atom. The first kappa shape index (κ1) is 17.6. The zero-order valence-electron chi connectivity index (χ0n) is 14.7.